The Kier molecular flexibility index (Phi) is 4.55. The molecule has 0 bridgehead atoms. The van der Waals surface area contributed by atoms with Crippen LogP contribution in [0.5, 0.6) is 11.5 Å². The van der Waals surface area contributed by atoms with Crippen molar-refractivity contribution in [3.63, 3.8) is 0 Å². The van der Waals surface area contributed by atoms with E-state index in [9.17, 15) is 0 Å². The second-order valence-electron chi connectivity index (χ2n) is 3.79. The third-order valence-electron chi connectivity index (χ3n) is 2.52. The van der Waals surface area contributed by atoms with Gasteiger partial charge >= 0.3 is 0 Å². The van der Waals surface area contributed by atoms with Crippen LogP contribution < -0.4 is 14.8 Å². The van der Waals surface area contributed by atoms with Crippen molar-refractivity contribution in [2.24, 2.45) is 0 Å². The molecule has 0 fully saturated rings. The molecule has 2 rings (SSSR count). The molecule has 0 atom stereocenters. The van der Waals surface area contributed by atoms with Gasteiger partial charge in [0.05, 0.1) is 19.7 Å². The Morgan fingerprint density at radius 3 is 2.39 bits per heavy atom. The monoisotopic (exact) mass is 264 g/mol. The van der Waals surface area contributed by atoms with Crippen molar-refractivity contribution in [2.75, 3.05) is 14.2 Å². The highest BCUT2D eigenvalue weighted by atomic mass is 32.1. The molecular weight excluding hydrogens is 248 g/mol. The van der Waals surface area contributed by atoms with Crippen molar-refractivity contribution in [3.8, 4) is 11.5 Å². The van der Waals surface area contributed by atoms with Crippen LogP contribution in [0, 0.1) is 0 Å². The van der Waals surface area contributed by atoms with Crippen LogP contribution in [0.25, 0.3) is 0 Å². The van der Waals surface area contributed by atoms with Gasteiger partial charge in [-0.05, 0) is 17.7 Å². The van der Waals surface area contributed by atoms with Gasteiger partial charge in [0.15, 0.2) is 0 Å². The standard InChI is InChI=1S/C13H16N2O2S/c1-16-11-3-10(4-12(5-11)17-2)6-14-7-13-8-15-9-18-13/h3-5,8-9,14H,6-7H2,1-2H3. The molecule has 0 radical (unpaired) electrons. The Bertz CT molecular complexity index is 463. The summed E-state index contributed by atoms with van der Waals surface area (Å²) in [6.45, 7) is 1.59. The molecule has 96 valence electrons. The lowest BCUT2D eigenvalue weighted by Gasteiger charge is -2.09. The van der Waals surface area contributed by atoms with Crippen molar-refractivity contribution >= 4 is 11.3 Å². The third-order valence-corrected chi connectivity index (χ3v) is 3.30. The number of hydrogen-bond acceptors (Lipinski definition) is 5. The number of thiazole rings is 1. The highest BCUT2D eigenvalue weighted by Crippen LogP contribution is 2.22. The van der Waals surface area contributed by atoms with Crippen molar-refractivity contribution < 1.29 is 9.47 Å². The molecule has 0 aliphatic carbocycles. The Balaban J connectivity index is 1.95. The summed E-state index contributed by atoms with van der Waals surface area (Å²) in [4.78, 5) is 5.27. The highest BCUT2D eigenvalue weighted by Gasteiger charge is 2.02. The van der Waals surface area contributed by atoms with Crippen LogP contribution in [0.1, 0.15) is 10.4 Å². The van der Waals surface area contributed by atoms with E-state index in [0.717, 1.165) is 30.2 Å². The van der Waals surface area contributed by atoms with Crippen molar-refractivity contribution in [1.82, 2.24) is 10.3 Å². The zero-order valence-electron chi connectivity index (χ0n) is 10.5. The maximum absolute atomic E-state index is 5.23. The van der Waals surface area contributed by atoms with Gasteiger partial charge in [-0.3, -0.25) is 4.98 Å². The average molecular weight is 264 g/mol. The van der Waals surface area contributed by atoms with Crippen molar-refractivity contribution in [3.05, 3.63) is 40.3 Å². The Hall–Kier alpha value is -1.59. The van der Waals surface area contributed by atoms with Crippen LogP contribution in [0.15, 0.2) is 29.9 Å². The molecule has 0 saturated carbocycles. The van der Waals surface area contributed by atoms with Crippen molar-refractivity contribution in [2.45, 2.75) is 13.1 Å². The van der Waals surface area contributed by atoms with Gasteiger partial charge in [0, 0.05) is 30.2 Å². The lowest BCUT2D eigenvalue weighted by Crippen LogP contribution is -2.11. The quantitative estimate of drug-likeness (QED) is 0.870. The number of methoxy groups -OCH3 is 2. The van der Waals surface area contributed by atoms with E-state index >= 15 is 0 Å². The first-order chi connectivity index (χ1) is 8.81. The van der Waals surface area contributed by atoms with E-state index in [4.69, 9.17) is 9.47 Å². The summed E-state index contributed by atoms with van der Waals surface area (Å²) in [5.41, 5.74) is 2.97. The van der Waals surface area contributed by atoms with Crippen LogP contribution in [0.4, 0.5) is 0 Å². The largest absolute Gasteiger partial charge is 0.497 e. The predicted molar refractivity (Wildman–Crippen MR) is 72.2 cm³/mol. The second-order valence-corrected chi connectivity index (χ2v) is 4.76. The van der Waals surface area contributed by atoms with E-state index < -0.39 is 0 Å². The fourth-order valence-corrected chi connectivity index (χ4v) is 2.19. The number of benzene rings is 1. The summed E-state index contributed by atoms with van der Waals surface area (Å²) in [5, 5.41) is 3.37. The fraction of sp³-hybridized carbons (Fsp3) is 0.308. The van der Waals surface area contributed by atoms with Gasteiger partial charge in [-0.1, -0.05) is 0 Å². The Morgan fingerprint density at radius 2 is 1.83 bits per heavy atom. The summed E-state index contributed by atoms with van der Waals surface area (Å²) in [6, 6.07) is 5.87. The van der Waals surface area contributed by atoms with Gasteiger partial charge in [-0.15, -0.1) is 11.3 Å². The first-order valence-corrected chi connectivity index (χ1v) is 6.50. The van der Waals surface area contributed by atoms with E-state index in [2.05, 4.69) is 10.3 Å². The number of hydrogen-bond donors (Lipinski definition) is 1. The molecule has 1 heterocycles. The number of ether oxygens (including phenoxy) is 2. The molecule has 1 aromatic carbocycles. The van der Waals surface area contributed by atoms with Gasteiger partial charge in [-0.2, -0.15) is 0 Å². The summed E-state index contributed by atoms with van der Waals surface area (Å²) in [7, 11) is 3.31. The molecule has 5 heteroatoms. The molecule has 0 aliphatic heterocycles. The topological polar surface area (TPSA) is 43.4 Å². The first kappa shape index (κ1) is 12.9. The number of rotatable bonds is 6. The Labute approximate surface area is 111 Å². The summed E-state index contributed by atoms with van der Waals surface area (Å²) in [5.74, 6) is 1.62. The van der Waals surface area contributed by atoms with Gasteiger partial charge in [0.2, 0.25) is 0 Å². The zero-order chi connectivity index (χ0) is 12.8. The summed E-state index contributed by atoms with van der Waals surface area (Å²) >= 11 is 1.65. The molecule has 0 aliphatic rings. The second kappa shape index (κ2) is 6.37. The van der Waals surface area contributed by atoms with E-state index in [1.807, 2.05) is 29.9 Å². The summed E-state index contributed by atoms with van der Waals surface area (Å²) < 4.78 is 10.5. The van der Waals surface area contributed by atoms with E-state index in [0.29, 0.717) is 0 Å². The molecule has 4 nitrogen and oxygen atoms in total. The van der Waals surface area contributed by atoms with E-state index in [-0.39, 0.29) is 0 Å². The van der Waals surface area contributed by atoms with Crippen LogP contribution in [0.3, 0.4) is 0 Å². The lowest BCUT2D eigenvalue weighted by atomic mass is 10.2. The maximum atomic E-state index is 5.23. The van der Waals surface area contributed by atoms with Gasteiger partial charge in [-0.25, -0.2) is 0 Å². The number of aromatic nitrogens is 1. The number of nitrogens with one attached hydrogen (secondary N) is 1. The Morgan fingerprint density at radius 1 is 1.11 bits per heavy atom. The molecule has 0 spiro atoms. The van der Waals surface area contributed by atoms with Crippen LogP contribution in [0.2, 0.25) is 0 Å². The zero-order valence-corrected chi connectivity index (χ0v) is 11.3. The lowest BCUT2D eigenvalue weighted by molar-refractivity contribution is 0.393. The minimum Gasteiger partial charge on any atom is -0.497 e. The molecule has 1 aromatic heterocycles. The van der Waals surface area contributed by atoms with Gasteiger partial charge in [0.25, 0.3) is 0 Å². The van der Waals surface area contributed by atoms with E-state index in [1.165, 1.54) is 4.88 Å². The van der Waals surface area contributed by atoms with Crippen LogP contribution in [-0.2, 0) is 13.1 Å². The van der Waals surface area contributed by atoms with Gasteiger partial charge < -0.3 is 14.8 Å². The van der Waals surface area contributed by atoms with Gasteiger partial charge in [0.1, 0.15) is 11.5 Å². The molecule has 1 N–H and O–H groups in total. The summed E-state index contributed by atoms with van der Waals surface area (Å²) in [6.07, 6.45) is 1.88. The molecule has 0 amide bonds. The third kappa shape index (κ3) is 3.45. The average Bonchev–Trinajstić information content (AvgIpc) is 2.91. The van der Waals surface area contributed by atoms with Crippen molar-refractivity contribution in [1.29, 1.82) is 0 Å². The predicted octanol–water partition coefficient (Wildman–Crippen LogP) is 2.45. The van der Waals surface area contributed by atoms with Crippen LogP contribution >= 0.6 is 11.3 Å². The minimum atomic E-state index is 0.769. The highest BCUT2D eigenvalue weighted by molar-refractivity contribution is 7.09. The number of nitrogens with zero attached hydrogens (tertiary/aromatic N) is 1. The van der Waals surface area contributed by atoms with E-state index in [1.54, 1.807) is 25.6 Å². The molecule has 2 aromatic rings. The molecule has 18 heavy (non-hydrogen) atoms. The molecule has 0 saturated heterocycles. The first-order valence-electron chi connectivity index (χ1n) is 5.62. The SMILES string of the molecule is COc1cc(CNCc2cncs2)cc(OC)c1. The fourth-order valence-electron chi connectivity index (χ4n) is 1.63. The molecular formula is C13H16N2O2S. The van der Waals surface area contributed by atoms with Crippen LogP contribution in [-0.4, -0.2) is 19.2 Å². The minimum absolute atomic E-state index is 0.769. The smallest absolute Gasteiger partial charge is 0.122 e. The normalized spacial score (nSPS) is 10.3. The maximum Gasteiger partial charge on any atom is 0.122 e. The molecule has 0 unspecified atom stereocenters.